The van der Waals surface area contributed by atoms with E-state index in [-0.39, 0.29) is 48.6 Å². The van der Waals surface area contributed by atoms with Crippen molar-refractivity contribution < 1.29 is 13.9 Å². The first-order chi connectivity index (χ1) is 16.2. The number of thiazole rings is 1. The van der Waals surface area contributed by atoms with Crippen LogP contribution in [-0.4, -0.2) is 41.1 Å². The molecular formula is C25H27Cl2FN4O2S. The second-order valence-corrected chi connectivity index (χ2v) is 9.82. The number of carbonyl (C=O) groups is 1. The molecule has 186 valence electrons. The van der Waals surface area contributed by atoms with Crippen LogP contribution < -0.4 is 10.6 Å². The second-order valence-electron chi connectivity index (χ2n) is 8.81. The maximum atomic E-state index is 14.9. The van der Waals surface area contributed by atoms with Crippen molar-refractivity contribution >= 4 is 57.2 Å². The fourth-order valence-electron chi connectivity index (χ4n) is 4.81. The molecule has 6 nitrogen and oxygen atoms in total. The standard InChI is InChI=1S/C25H25FN4O2S.2ClH/c26-19-12-15(20-2-1-9-27-20)3-5-18(19)21-14-30-22-6-4-16(13-23(22)33-25(30)29-21)24(31)28-17-7-10-32-11-8-17;;/h3-6,12-14,17,20,27H,1-2,7-11H2,(H,28,31);2*1H. The average molecular weight is 537 g/mol. The van der Waals surface area contributed by atoms with Gasteiger partial charge in [0.15, 0.2) is 4.96 Å². The van der Waals surface area contributed by atoms with Crippen molar-refractivity contribution in [2.24, 2.45) is 0 Å². The van der Waals surface area contributed by atoms with Gasteiger partial charge in [0.25, 0.3) is 5.91 Å². The Labute approximate surface area is 219 Å². The molecule has 0 radical (unpaired) electrons. The number of hydrogen-bond acceptors (Lipinski definition) is 5. The number of nitrogens with zero attached hydrogens (tertiary/aromatic N) is 2. The number of halogens is 3. The van der Waals surface area contributed by atoms with Gasteiger partial charge in [0.2, 0.25) is 0 Å². The predicted octanol–water partition coefficient (Wildman–Crippen LogP) is 5.53. The summed E-state index contributed by atoms with van der Waals surface area (Å²) in [5.41, 5.74) is 3.72. The molecule has 2 fully saturated rings. The highest BCUT2D eigenvalue weighted by molar-refractivity contribution is 7.23. The SMILES string of the molecule is Cl.Cl.O=C(NC1CCOCC1)c1ccc2c(c1)sc1nc(-c3ccc(C4CCCN4)cc3F)cn12. The van der Waals surface area contributed by atoms with Gasteiger partial charge in [-0.1, -0.05) is 17.4 Å². The predicted molar refractivity (Wildman–Crippen MR) is 142 cm³/mol. The summed E-state index contributed by atoms with van der Waals surface area (Å²) in [6.07, 6.45) is 5.73. The maximum Gasteiger partial charge on any atom is 0.251 e. The van der Waals surface area contributed by atoms with Crippen LogP contribution in [0.25, 0.3) is 26.4 Å². The summed E-state index contributed by atoms with van der Waals surface area (Å²) in [5.74, 6) is -0.308. The molecule has 10 heteroatoms. The zero-order valence-corrected chi connectivity index (χ0v) is 21.4. The lowest BCUT2D eigenvalue weighted by atomic mass is 10.0. The number of carbonyl (C=O) groups excluding carboxylic acids is 1. The molecule has 2 aliphatic rings. The van der Waals surface area contributed by atoms with Crippen LogP contribution in [0.3, 0.4) is 0 Å². The lowest BCUT2D eigenvalue weighted by molar-refractivity contribution is 0.0696. The number of amides is 1. The first kappa shape index (κ1) is 25.9. The monoisotopic (exact) mass is 536 g/mol. The highest BCUT2D eigenvalue weighted by Crippen LogP contribution is 2.32. The zero-order chi connectivity index (χ0) is 22.4. The molecule has 0 bridgehead atoms. The molecule has 0 spiro atoms. The Bertz CT molecular complexity index is 1350. The Morgan fingerprint density at radius 2 is 1.97 bits per heavy atom. The first-order valence-electron chi connectivity index (χ1n) is 11.5. The minimum Gasteiger partial charge on any atom is -0.381 e. The number of ether oxygens (including phenoxy) is 1. The first-order valence-corrected chi connectivity index (χ1v) is 12.3. The average Bonchev–Trinajstić information content (AvgIpc) is 3.56. The minimum atomic E-state index is -0.247. The molecule has 4 heterocycles. The van der Waals surface area contributed by atoms with Gasteiger partial charge in [0.1, 0.15) is 5.82 Å². The van der Waals surface area contributed by atoms with Crippen molar-refractivity contribution in [3.8, 4) is 11.3 Å². The number of rotatable bonds is 4. The lowest BCUT2D eigenvalue weighted by Gasteiger charge is -2.23. The number of fused-ring (bicyclic) bond motifs is 3. The van der Waals surface area contributed by atoms with Crippen LogP contribution in [0.15, 0.2) is 42.6 Å². The Morgan fingerprint density at radius 3 is 2.71 bits per heavy atom. The Hall–Kier alpha value is -2.23. The number of hydrogen-bond donors (Lipinski definition) is 2. The summed E-state index contributed by atoms with van der Waals surface area (Å²) in [4.78, 5) is 18.2. The van der Waals surface area contributed by atoms with Crippen molar-refractivity contribution in [1.82, 2.24) is 20.0 Å². The van der Waals surface area contributed by atoms with Gasteiger partial charge >= 0.3 is 0 Å². The Morgan fingerprint density at radius 1 is 1.14 bits per heavy atom. The molecule has 2 saturated heterocycles. The van der Waals surface area contributed by atoms with Crippen LogP contribution in [0.4, 0.5) is 4.39 Å². The van der Waals surface area contributed by atoms with Gasteiger partial charge < -0.3 is 15.4 Å². The van der Waals surface area contributed by atoms with Gasteiger partial charge in [-0.05, 0) is 68.1 Å². The van der Waals surface area contributed by atoms with Crippen LogP contribution in [0.2, 0.25) is 0 Å². The van der Waals surface area contributed by atoms with E-state index in [1.165, 1.54) is 11.3 Å². The van der Waals surface area contributed by atoms with E-state index < -0.39 is 0 Å². The summed E-state index contributed by atoms with van der Waals surface area (Å²) in [6.45, 7) is 2.36. The fourth-order valence-corrected chi connectivity index (χ4v) is 5.85. The van der Waals surface area contributed by atoms with Gasteiger partial charge in [0.05, 0.1) is 15.9 Å². The number of imidazole rings is 1. The molecule has 1 unspecified atom stereocenters. The van der Waals surface area contributed by atoms with E-state index in [0.717, 1.165) is 53.0 Å². The molecule has 2 aromatic carbocycles. The van der Waals surface area contributed by atoms with Crippen LogP contribution in [0.5, 0.6) is 0 Å². The van der Waals surface area contributed by atoms with Crippen LogP contribution in [0, 0.1) is 5.82 Å². The van der Waals surface area contributed by atoms with Gasteiger partial charge in [-0.3, -0.25) is 9.20 Å². The highest BCUT2D eigenvalue weighted by Gasteiger charge is 2.20. The third kappa shape index (κ3) is 5.04. The lowest BCUT2D eigenvalue weighted by Crippen LogP contribution is -2.38. The minimum absolute atomic E-state index is 0. The summed E-state index contributed by atoms with van der Waals surface area (Å²) >= 11 is 1.50. The smallest absolute Gasteiger partial charge is 0.251 e. The zero-order valence-electron chi connectivity index (χ0n) is 19.0. The Kier molecular flexibility index (Phi) is 7.98. The van der Waals surface area contributed by atoms with Crippen molar-refractivity contribution in [2.45, 2.75) is 37.8 Å². The van der Waals surface area contributed by atoms with Crippen molar-refractivity contribution in [2.75, 3.05) is 19.8 Å². The molecule has 1 amide bonds. The fraction of sp³-hybridized carbons (Fsp3) is 0.360. The number of aromatic nitrogens is 2. The summed E-state index contributed by atoms with van der Waals surface area (Å²) in [5, 5.41) is 6.52. The van der Waals surface area contributed by atoms with Crippen molar-refractivity contribution in [3.63, 3.8) is 0 Å². The molecule has 6 rings (SSSR count). The third-order valence-corrected chi connectivity index (χ3v) is 7.66. The van der Waals surface area contributed by atoms with Gasteiger partial charge in [-0.2, -0.15) is 0 Å². The van der Waals surface area contributed by atoms with Crippen molar-refractivity contribution in [1.29, 1.82) is 0 Å². The maximum absolute atomic E-state index is 14.9. The highest BCUT2D eigenvalue weighted by atomic mass is 35.5. The van der Waals surface area contributed by atoms with E-state index in [1.54, 1.807) is 6.07 Å². The normalized spacial score (nSPS) is 18.4. The van der Waals surface area contributed by atoms with Gasteiger partial charge in [0, 0.05) is 42.6 Å². The molecule has 1 atom stereocenters. The van der Waals surface area contributed by atoms with E-state index in [9.17, 15) is 9.18 Å². The molecule has 4 aromatic rings. The quantitative estimate of drug-likeness (QED) is 0.359. The van der Waals surface area contributed by atoms with Crippen LogP contribution in [0.1, 0.15) is 47.6 Å². The molecule has 0 aliphatic carbocycles. The van der Waals surface area contributed by atoms with E-state index in [4.69, 9.17) is 4.74 Å². The summed E-state index contributed by atoms with van der Waals surface area (Å²) in [7, 11) is 0. The van der Waals surface area contributed by atoms with Gasteiger partial charge in [-0.25, -0.2) is 9.37 Å². The molecule has 2 aliphatic heterocycles. The summed E-state index contributed by atoms with van der Waals surface area (Å²) < 4.78 is 23.3. The van der Waals surface area contributed by atoms with E-state index in [0.29, 0.717) is 30.0 Å². The number of nitrogens with one attached hydrogen (secondary N) is 2. The van der Waals surface area contributed by atoms with E-state index >= 15 is 0 Å². The molecule has 35 heavy (non-hydrogen) atoms. The Balaban J connectivity index is 0.00000144. The largest absolute Gasteiger partial charge is 0.381 e. The topological polar surface area (TPSA) is 67.7 Å². The third-order valence-electron chi connectivity index (χ3n) is 6.64. The van der Waals surface area contributed by atoms with Crippen LogP contribution >= 0.6 is 36.2 Å². The molecular weight excluding hydrogens is 510 g/mol. The summed E-state index contributed by atoms with van der Waals surface area (Å²) in [6, 6.07) is 11.5. The van der Waals surface area contributed by atoms with E-state index in [1.807, 2.05) is 40.9 Å². The van der Waals surface area contributed by atoms with Crippen LogP contribution in [-0.2, 0) is 4.74 Å². The second kappa shape index (κ2) is 10.8. The molecule has 2 N–H and O–H groups in total. The van der Waals surface area contributed by atoms with Crippen molar-refractivity contribution in [3.05, 3.63) is 59.5 Å². The molecule has 0 saturated carbocycles. The number of benzene rings is 2. The van der Waals surface area contributed by atoms with E-state index in [2.05, 4.69) is 15.6 Å². The molecule has 2 aromatic heterocycles. The van der Waals surface area contributed by atoms with Gasteiger partial charge in [-0.15, -0.1) is 24.8 Å².